The normalized spacial score (nSPS) is 11.2. The molecule has 0 aliphatic carbocycles. The fourth-order valence-electron chi connectivity index (χ4n) is 5.27. The highest BCUT2D eigenvalue weighted by atomic mass is 16.3. The molecule has 0 spiro atoms. The van der Waals surface area contributed by atoms with Gasteiger partial charge in [0.2, 0.25) is 0 Å². The van der Waals surface area contributed by atoms with Crippen LogP contribution in [0.25, 0.3) is 65.7 Å². The maximum absolute atomic E-state index is 9.41. The second-order valence-electron chi connectivity index (χ2n) is 8.94. The molecule has 5 nitrogen and oxygen atoms in total. The highest BCUT2D eigenvalue weighted by molar-refractivity contribution is 6.29. The summed E-state index contributed by atoms with van der Waals surface area (Å²) < 4.78 is 6.54. The van der Waals surface area contributed by atoms with Crippen molar-refractivity contribution >= 4 is 43.5 Å². The van der Waals surface area contributed by atoms with Crippen molar-refractivity contribution in [2.75, 3.05) is 0 Å². The Balaban J connectivity index is 1.62. The van der Waals surface area contributed by atoms with Crippen LogP contribution in [0, 0.1) is 22.7 Å². The number of pyridine rings is 2. The Labute approximate surface area is 211 Å². The molecule has 7 rings (SSSR count). The van der Waals surface area contributed by atoms with Crippen LogP contribution in [0.5, 0.6) is 0 Å². The van der Waals surface area contributed by atoms with E-state index in [9.17, 15) is 10.5 Å². The minimum absolute atomic E-state index is 0.509. The maximum Gasteiger partial charge on any atom is 0.136 e. The predicted molar refractivity (Wildman–Crippen MR) is 145 cm³/mol. The molecule has 0 bridgehead atoms. The van der Waals surface area contributed by atoms with Gasteiger partial charge in [-0.15, -0.1) is 0 Å². The van der Waals surface area contributed by atoms with Crippen LogP contribution >= 0.6 is 0 Å². The van der Waals surface area contributed by atoms with Crippen molar-refractivity contribution in [3.05, 3.63) is 109 Å². The van der Waals surface area contributed by atoms with Gasteiger partial charge in [0.25, 0.3) is 0 Å². The molecule has 0 saturated carbocycles. The predicted octanol–water partition coefficient (Wildman–Crippen LogP) is 7.76. The lowest BCUT2D eigenvalue weighted by atomic mass is 9.92. The number of nitriles is 2. The highest BCUT2D eigenvalue weighted by Crippen LogP contribution is 2.44. The van der Waals surface area contributed by atoms with Gasteiger partial charge in [0, 0.05) is 46.7 Å². The SMILES string of the molecule is N#Cc1cncc(-c2cc3oc4cc(-c5cncc(C#N)c5)c5ccccc5c4c3c3ccccc23)c1. The van der Waals surface area contributed by atoms with Crippen molar-refractivity contribution in [3.63, 3.8) is 0 Å². The summed E-state index contributed by atoms with van der Waals surface area (Å²) in [4.78, 5) is 8.56. The Kier molecular flexibility index (Phi) is 4.51. The largest absolute Gasteiger partial charge is 0.456 e. The first kappa shape index (κ1) is 20.8. The van der Waals surface area contributed by atoms with Crippen molar-refractivity contribution in [1.82, 2.24) is 9.97 Å². The quantitative estimate of drug-likeness (QED) is 0.257. The van der Waals surface area contributed by atoms with Crippen LogP contribution in [0.3, 0.4) is 0 Å². The molecule has 0 N–H and O–H groups in total. The van der Waals surface area contributed by atoms with E-state index in [1.807, 2.05) is 48.5 Å². The van der Waals surface area contributed by atoms with Crippen molar-refractivity contribution < 1.29 is 4.42 Å². The van der Waals surface area contributed by atoms with Gasteiger partial charge in [-0.2, -0.15) is 10.5 Å². The Bertz CT molecular complexity index is 1970. The van der Waals surface area contributed by atoms with Gasteiger partial charge in [-0.1, -0.05) is 48.5 Å². The second-order valence-corrected chi connectivity index (χ2v) is 8.94. The summed E-state index contributed by atoms with van der Waals surface area (Å²) in [6, 6.07) is 28.7. The minimum Gasteiger partial charge on any atom is -0.456 e. The molecular formula is C32H16N4O. The van der Waals surface area contributed by atoms with E-state index in [2.05, 4.69) is 46.4 Å². The zero-order chi connectivity index (χ0) is 24.9. The van der Waals surface area contributed by atoms with Gasteiger partial charge in [0.15, 0.2) is 0 Å². The molecule has 37 heavy (non-hydrogen) atoms. The van der Waals surface area contributed by atoms with Gasteiger partial charge >= 0.3 is 0 Å². The number of benzene rings is 4. The summed E-state index contributed by atoms with van der Waals surface area (Å²) in [6.07, 6.45) is 6.68. The van der Waals surface area contributed by atoms with Crippen LogP contribution in [0.15, 0.2) is 102 Å². The molecule has 0 amide bonds. The Morgan fingerprint density at radius 1 is 0.541 bits per heavy atom. The van der Waals surface area contributed by atoms with E-state index in [0.717, 1.165) is 65.7 Å². The zero-order valence-corrected chi connectivity index (χ0v) is 19.4. The molecule has 0 atom stereocenters. The Morgan fingerprint density at radius 2 is 0.973 bits per heavy atom. The van der Waals surface area contributed by atoms with E-state index in [-0.39, 0.29) is 0 Å². The number of fused-ring (bicyclic) bond motifs is 7. The zero-order valence-electron chi connectivity index (χ0n) is 19.4. The Morgan fingerprint density at radius 3 is 1.41 bits per heavy atom. The first-order chi connectivity index (χ1) is 18.2. The molecule has 3 heterocycles. The van der Waals surface area contributed by atoms with Crippen LogP contribution in [0.1, 0.15) is 11.1 Å². The molecular weight excluding hydrogens is 456 g/mol. The first-order valence-corrected chi connectivity index (χ1v) is 11.8. The molecule has 0 aliphatic rings. The molecule has 7 aromatic rings. The average Bonchev–Trinajstić information content (AvgIpc) is 3.35. The lowest BCUT2D eigenvalue weighted by Crippen LogP contribution is -1.87. The van der Waals surface area contributed by atoms with Crippen molar-refractivity contribution in [2.24, 2.45) is 0 Å². The van der Waals surface area contributed by atoms with Gasteiger partial charge in [-0.25, -0.2) is 0 Å². The van der Waals surface area contributed by atoms with Crippen molar-refractivity contribution in [2.45, 2.75) is 0 Å². The summed E-state index contributed by atoms with van der Waals surface area (Å²) in [5, 5.41) is 25.2. The number of aromatic nitrogens is 2. The topological polar surface area (TPSA) is 86.5 Å². The number of rotatable bonds is 2. The standard InChI is InChI=1S/C32H16N4O/c33-13-19-9-21(17-35-15-19)27-11-29-31(25-7-3-1-5-23(25)27)32-26-8-4-2-6-24(26)28(12-30(32)37-29)22-10-20(14-34)16-36-18-22/h1-12,15-18H. The average molecular weight is 473 g/mol. The van der Waals surface area contributed by atoms with Crippen molar-refractivity contribution in [3.8, 4) is 34.4 Å². The summed E-state index contributed by atoms with van der Waals surface area (Å²) in [7, 11) is 0. The fourth-order valence-corrected chi connectivity index (χ4v) is 5.27. The smallest absolute Gasteiger partial charge is 0.136 e. The second kappa shape index (κ2) is 8.02. The summed E-state index contributed by atoms with van der Waals surface area (Å²) in [5.74, 6) is 0. The number of hydrogen-bond donors (Lipinski definition) is 0. The van der Waals surface area contributed by atoms with Crippen LogP contribution in [-0.2, 0) is 0 Å². The number of furan rings is 1. The van der Waals surface area contributed by atoms with E-state index in [1.54, 1.807) is 24.8 Å². The summed E-state index contributed by atoms with van der Waals surface area (Å²) in [5.41, 5.74) is 6.19. The molecule has 3 aromatic heterocycles. The van der Waals surface area contributed by atoms with E-state index < -0.39 is 0 Å². The Hall–Kier alpha value is -5.52. The molecule has 4 aromatic carbocycles. The van der Waals surface area contributed by atoms with Gasteiger partial charge < -0.3 is 4.42 Å². The van der Waals surface area contributed by atoms with Crippen LogP contribution in [0.2, 0.25) is 0 Å². The molecule has 0 unspecified atom stereocenters. The van der Waals surface area contributed by atoms with Crippen molar-refractivity contribution in [1.29, 1.82) is 10.5 Å². The lowest BCUT2D eigenvalue weighted by Gasteiger charge is -2.10. The third-order valence-corrected chi connectivity index (χ3v) is 6.84. The van der Waals surface area contributed by atoms with Gasteiger partial charge in [-0.3, -0.25) is 9.97 Å². The van der Waals surface area contributed by atoms with Gasteiger partial charge in [-0.05, 0) is 56.9 Å². The van der Waals surface area contributed by atoms with E-state index >= 15 is 0 Å². The van der Waals surface area contributed by atoms with Crippen LogP contribution in [0.4, 0.5) is 0 Å². The van der Waals surface area contributed by atoms with Crippen LogP contribution < -0.4 is 0 Å². The summed E-state index contributed by atoms with van der Waals surface area (Å²) in [6.45, 7) is 0. The molecule has 0 saturated heterocycles. The van der Waals surface area contributed by atoms with Gasteiger partial charge in [0.1, 0.15) is 23.3 Å². The third-order valence-electron chi connectivity index (χ3n) is 6.84. The van der Waals surface area contributed by atoms with Crippen LogP contribution in [-0.4, -0.2) is 9.97 Å². The van der Waals surface area contributed by atoms with Gasteiger partial charge in [0.05, 0.1) is 11.1 Å². The van der Waals surface area contributed by atoms with E-state index in [1.165, 1.54) is 0 Å². The highest BCUT2D eigenvalue weighted by Gasteiger charge is 2.19. The van der Waals surface area contributed by atoms with E-state index in [4.69, 9.17) is 4.42 Å². The maximum atomic E-state index is 9.41. The monoisotopic (exact) mass is 472 g/mol. The number of hydrogen-bond acceptors (Lipinski definition) is 5. The lowest BCUT2D eigenvalue weighted by molar-refractivity contribution is 0.670. The fraction of sp³-hybridized carbons (Fsp3) is 0. The molecule has 0 fully saturated rings. The number of nitrogens with zero attached hydrogens (tertiary/aromatic N) is 4. The summed E-state index contributed by atoms with van der Waals surface area (Å²) >= 11 is 0. The molecule has 5 heteroatoms. The molecule has 0 aliphatic heterocycles. The minimum atomic E-state index is 0.509. The first-order valence-electron chi connectivity index (χ1n) is 11.8. The van der Waals surface area contributed by atoms with E-state index in [0.29, 0.717) is 11.1 Å². The molecule has 170 valence electrons. The third kappa shape index (κ3) is 3.16. The molecule has 0 radical (unpaired) electrons.